The number of amides is 1. The fourth-order valence-corrected chi connectivity index (χ4v) is 2.97. The van der Waals surface area contributed by atoms with Gasteiger partial charge in [-0.2, -0.15) is 0 Å². The van der Waals surface area contributed by atoms with Crippen LogP contribution in [0.3, 0.4) is 0 Å². The molecule has 27 heavy (non-hydrogen) atoms. The first-order valence-corrected chi connectivity index (χ1v) is 8.73. The number of hydrogen-bond donors (Lipinski definition) is 0. The van der Waals surface area contributed by atoms with Crippen molar-refractivity contribution in [2.24, 2.45) is 0 Å². The normalized spacial score (nSPS) is 14.3. The molecular weight excluding hydrogens is 376 g/mol. The Balaban J connectivity index is 1.74. The highest BCUT2D eigenvalue weighted by Crippen LogP contribution is 2.38. The maximum absolute atomic E-state index is 13.4. The molecule has 0 aromatic heterocycles. The Morgan fingerprint density at radius 3 is 2.67 bits per heavy atom. The van der Waals surface area contributed by atoms with Gasteiger partial charge in [0.15, 0.2) is 23.1 Å². The van der Waals surface area contributed by atoms with E-state index in [2.05, 4.69) is 0 Å². The number of carbonyl (C=O) groups excluding carboxylic acids is 1. The zero-order valence-corrected chi connectivity index (χ0v) is 15.6. The van der Waals surface area contributed by atoms with Crippen molar-refractivity contribution in [2.75, 3.05) is 20.3 Å². The number of rotatable bonds is 4. The molecule has 0 N–H and O–H groups in total. The quantitative estimate of drug-likeness (QED) is 0.711. The summed E-state index contributed by atoms with van der Waals surface area (Å²) in [6.07, 6.45) is 3.00. The van der Waals surface area contributed by atoms with Crippen LogP contribution < -0.4 is 9.47 Å². The van der Waals surface area contributed by atoms with E-state index in [9.17, 15) is 13.6 Å². The van der Waals surface area contributed by atoms with Crippen LogP contribution in [0.2, 0.25) is 5.02 Å². The lowest BCUT2D eigenvalue weighted by Crippen LogP contribution is -2.28. The van der Waals surface area contributed by atoms with Crippen molar-refractivity contribution < 1.29 is 23.0 Å². The molecule has 1 heterocycles. The van der Waals surface area contributed by atoms with Crippen LogP contribution in [0, 0.1) is 11.6 Å². The Morgan fingerprint density at radius 1 is 1.19 bits per heavy atom. The van der Waals surface area contributed by atoms with Gasteiger partial charge < -0.3 is 14.4 Å². The minimum Gasteiger partial charge on any atom is -0.486 e. The average Bonchev–Trinajstić information content (AvgIpc) is 2.67. The molecule has 0 aliphatic carbocycles. The van der Waals surface area contributed by atoms with Gasteiger partial charge >= 0.3 is 0 Å². The van der Waals surface area contributed by atoms with Gasteiger partial charge in [-0.1, -0.05) is 17.7 Å². The number of likely N-dealkylation sites (N-methyl/N-ethyl adjacent to an activating group) is 1. The highest BCUT2D eigenvalue weighted by atomic mass is 35.5. The van der Waals surface area contributed by atoms with Crippen LogP contribution in [-0.2, 0) is 4.79 Å². The number of hydrogen-bond acceptors (Lipinski definition) is 3. The molecule has 0 radical (unpaired) electrons. The van der Waals surface area contributed by atoms with Gasteiger partial charge in [0.25, 0.3) is 0 Å². The molecular formula is C20H18ClF2NO3. The fraction of sp³-hybridized carbons (Fsp3) is 0.250. The summed E-state index contributed by atoms with van der Waals surface area (Å²) in [5, 5.41) is 0.405. The van der Waals surface area contributed by atoms with Gasteiger partial charge in [-0.15, -0.1) is 0 Å². The van der Waals surface area contributed by atoms with E-state index in [-0.39, 0.29) is 5.91 Å². The first-order chi connectivity index (χ1) is 12.9. The van der Waals surface area contributed by atoms with Crippen LogP contribution in [0.1, 0.15) is 24.1 Å². The summed E-state index contributed by atoms with van der Waals surface area (Å²) < 4.78 is 37.5. The molecule has 0 fully saturated rings. The van der Waals surface area contributed by atoms with Gasteiger partial charge in [0.2, 0.25) is 5.91 Å². The Bertz CT molecular complexity index is 901. The number of nitrogens with zero attached hydrogens (tertiary/aromatic N) is 1. The third kappa shape index (κ3) is 4.22. The minimum atomic E-state index is -0.943. The number of halogens is 3. The van der Waals surface area contributed by atoms with Gasteiger partial charge in [-0.05, 0) is 48.4 Å². The van der Waals surface area contributed by atoms with E-state index >= 15 is 0 Å². The summed E-state index contributed by atoms with van der Waals surface area (Å²) in [6, 6.07) is 6.58. The second-order valence-corrected chi connectivity index (χ2v) is 6.57. The van der Waals surface area contributed by atoms with Crippen LogP contribution in [0.5, 0.6) is 11.5 Å². The third-order valence-electron chi connectivity index (χ3n) is 4.39. The monoisotopic (exact) mass is 393 g/mol. The van der Waals surface area contributed by atoms with Gasteiger partial charge in [-0.25, -0.2) is 8.78 Å². The number of fused-ring (bicyclic) bond motifs is 1. The molecule has 142 valence electrons. The van der Waals surface area contributed by atoms with Gasteiger partial charge in [0.1, 0.15) is 13.2 Å². The molecule has 0 bridgehead atoms. The molecule has 3 rings (SSSR count). The Kier molecular flexibility index (Phi) is 5.65. The van der Waals surface area contributed by atoms with E-state index in [1.165, 1.54) is 17.0 Å². The zero-order valence-electron chi connectivity index (χ0n) is 14.8. The lowest BCUT2D eigenvalue weighted by molar-refractivity contribution is -0.126. The predicted molar refractivity (Wildman–Crippen MR) is 99.0 cm³/mol. The van der Waals surface area contributed by atoms with Crippen LogP contribution in [-0.4, -0.2) is 31.1 Å². The summed E-state index contributed by atoms with van der Waals surface area (Å²) in [5.41, 5.74) is 1.19. The van der Waals surface area contributed by atoms with Crippen molar-refractivity contribution in [3.8, 4) is 11.5 Å². The molecule has 1 aliphatic heterocycles. The molecule has 0 saturated heterocycles. The minimum absolute atomic E-state index is 0.293. The van der Waals surface area contributed by atoms with Crippen LogP contribution in [0.4, 0.5) is 8.78 Å². The second-order valence-electron chi connectivity index (χ2n) is 6.16. The van der Waals surface area contributed by atoms with E-state index < -0.39 is 17.7 Å². The van der Waals surface area contributed by atoms with Crippen molar-refractivity contribution in [3.05, 3.63) is 64.2 Å². The zero-order chi connectivity index (χ0) is 19.6. The predicted octanol–water partition coefficient (Wildman–Crippen LogP) is 4.62. The third-order valence-corrected chi connectivity index (χ3v) is 4.67. The van der Waals surface area contributed by atoms with Gasteiger partial charge in [0, 0.05) is 13.1 Å². The van der Waals surface area contributed by atoms with E-state index in [0.717, 1.165) is 12.1 Å². The maximum atomic E-state index is 13.4. The summed E-state index contributed by atoms with van der Waals surface area (Å²) in [5.74, 6) is -1.13. The van der Waals surface area contributed by atoms with E-state index in [0.29, 0.717) is 40.9 Å². The van der Waals surface area contributed by atoms with Crippen molar-refractivity contribution in [1.82, 2.24) is 4.90 Å². The summed E-state index contributed by atoms with van der Waals surface area (Å²) in [4.78, 5) is 13.9. The van der Waals surface area contributed by atoms with Crippen LogP contribution in [0.25, 0.3) is 6.08 Å². The lowest BCUT2D eigenvalue weighted by Gasteiger charge is -2.24. The van der Waals surface area contributed by atoms with Crippen molar-refractivity contribution in [3.63, 3.8) is 0 Å². The molecule has 1 amide bonds. The number of carbonyl (C=O) groups is 1. The standard InChI is InChI=1S/C20H18ClF2NO3/c1-12(14-4-5-16(22)17(23)11-14)24(2)19(25)6-3-13-9-15(21)20-18(10-13)26-7-8-27-20/h3-6,9-12H,7-8H2,1-2H3/b6-3+. The SMILES string of the molecule is CC(c1ccc(F)c(F)c1)N(C)C(=O)/C=C/c1cc(Cl)c2c(c1)OCCO2. The lowest BCUT2D eigenvalue weighted by atomic mass is 10.1. The van der Waals surface area contributed by atoms with Gasteiger partial charge in [0.05, 0.1) is 11.1 Å². The molecule has 2 aromatic carbocycles. The molecule has 1 unspecified atom stereocenters. The van der Waals surface area contributed by atoms with E-state index in [1.807, 2.05) is 0 Å². The molecule has 1 atom stereocenters. The Morgan fingerprint density at radius 2 is 1.93 bits per heavy atom. The average molecular weight is 394 g/mol. The van der Waals surface area contributed by atoms with Crippen molar-refractivity contribution in [2.45, 2.75) is 13.0 Å². The smallest absolute Gasteiger partial charge is 0.246 e. The first kappa shape index (κ1) is 19.2. The van der Waals surface area contributed by atoms with Crippen molar-refractivity contribution in [1.29, 1.82) is 0 Å². The molecule has 1 aliphatic rings. The summed E-state index contributed by atoms with van der Waals surface area (Å²) >= 11 is 6.18. The molecule has 7 heteroatoms. The second kappa shape index (κ2) is 7.96. The first-order valence-electron chi connectivity index (χ1n) is 8.36. The highest BCUT2D eigenvalue weighted by Gasteiger charge is 2.18. The molecule has 4 nitrogen and oxygen atoms in total. The fourth-order valence-electron chi connectivity index (χ4n) is 2.70. The van der Waals surface area contributed by atoms with E-state index in [1.54, 1.807) is 32.2 Å². The molecule has 0 spiro atoms. The number of benzene rings is 2. The van der Waals surface area contributed by atoms with Crippen LogP contribution in [0.15, 0.2) is 36.4 Å². The topological polar surface area (TPSA) is 38.8 Å². The summed E-state index contributed by atoms with van der Waals surface area (Å²) in [7, 11) is 1.59. The highest BCUT2D eigenvalue weighted by molar-refractivity contribution is 6.32. The molecule has 0 saturated carbocycles. The maximum Gasteiger partial charge on any atom is 0.246 e. The van der Waals surface area contributed by atoms with Crippen molar-refractivity contribution >= 4 is 23.6 Å². The van der Waals surface area contributed by atoms with Gasteiger partial charge in [-0.3, -0.25) is 4.79 Å². The van der Waals surface area contributed by atoms with Crippen LogP contribution >= 0.6 is 11.6 Å². The summed E-state index contributed by atoms with van der Waals surface area (Å²) in [6.45, 7) is 2.61. The van der Waals surface area contributed by atoms with E-state index in [4.69, 9.17) is 21.1 Å². The number of ether oxygens (including phenoxy) is 2. The Labute approximate surface area is 160 Å². The Hall–Kier alpha value is -2.60. The largest absolute Gasteiger partial charge is 0.486 e. The molecule has 2 aromatic rings.